The van der Waals surface area contributed by atoms with Crippen LogP contribution in [0.5, 0.6) is 0 Å². The lowest BCUT2D eigenvalue weighted by Crippen LogP contribution is -2.12. The smallest absolute Gasteiger partial charge is 0.148 e. The monoisotopic (exact) mass is 319 g/mol. The molecule has 2 rings (SSSR count). The molecule has 0 saturated carbocycles. The van der Waals surface area contributed by atoms with Crippen molar-refractivity contribution in [1.29, 1.82) is 0 Å². The molecule has 0 aliphatic heterocycles. The van der Waals surface area contributed by atoms with E-state index < -0.39 is 11.9 Å². The van der Waals surface area contributed by atoms with Crippen LogP contribution in [0.4, 0.5) is 4.39 Å². The minimum Gasteiger partial charge on any atom is -0.320 e. The van der Waals surface area contributed by atoms with E-state index in [-0.39, 0.29) is 5.02 Å². The van der Waals surface area contributed by atoms with Gasteiger partial charge in [0.2, 0.25) is 0 Å². The maximum atomic E-state index is 13.9. The van der Waals surface area contributed by atoms with Gasteiger partial charge in [-0.2, -0.15) is 0 Å². The van der Waals surface area contributed by atoms with E-state index >= 15 is 0 Å². The molecule has 5 heteroatoms. The van der Waals surface area contributed by atoms with Crippen LogP contribution in [0.3, 0.4) is 0 Å². The molecule has 1 unspecified atom stereocenters. The van der Waals surface area contributed by atoms with E-state index in [1.807, 2.05) is 17.5 Å². The van der Waals surface area contributed by atoms with Gasteiger partial charge in [-0.25, -0.2) is 4.39 Å². The van der Waals surface area contributed by atoms with Crippen molar-refractivity contribution in [3.8, 4) is 0 Å². The largest absolute Gasteiger partial charge is 0.320 e. The zero-order chi connectivity index (χ0) is 11.7. The third-order valence-corrected chi connectivity index (χ3v) is 4.46. The second-order valence-corrected chi connectivity index (χ2v) is 5.47. The summed E-state index contributed by atoms with van der Waals surface area (Å²) < 4.78 is 14.4. The number of thiophene rings is 1. The second-order valence-electron chi connectivity index (χ2n) is 3.26. The van der Waals surface area contributed by atoms with E-state index in [2.05, 4.69) is 15.9 Å². The Labute approximate surface area is 110 Å². The normalized spacial score (nSPS) is 12.8. The molecule has 0 aliphatic carbocycles. The van der Waals surface area contributed by atoms with Crippen LogP contribution in [-0.4, -0.2) is 0 Å². The highest BCUT2D eigenvalue weighted by molar-refractivity contribution is 9.10. The maximum absolute atomic E-state index is 13.9. The Morgan fingerprint density at radius 3 is 2.75 bits per heavy atom. The summed E-state index contributed by atoms with van der Waals surface area (Å²) in [7, 11) is 0. The summed E-state index contributed by atoms with van der Waals surface area (Å²) in [5.74, 6) is -0.461. The van der Waals surface area contributed by atoms with Crippen molar-refractivity contribution >= 4 is 38.9 Å². The maximum Gasteiger partial charge on any atom is 0.148 e. The minimum absolute atomic E-state index is 0.0736. The summed E-state index contributed by atoms with van der Waals surface area (Å²) in [4.78, 5) is 0.914. The SMILES string of the molecule is NC(c1cccs1)c1ccc(Br)c(Cl)c1F. The number of hydrogen-bond donors (Lipinski definition) is 1. The van der Waals surface area contributed by atoms with Gasteiger partial charge in [0, 0.05) is 14.9 Å². The number of benzene rings is 1. The van der Waals surface area contributed by atoms with E-state index in [1.165, 1.54) is 11.3 Å². The molecular weight excluding hydrogens is 313 g/mol. The number of rotatable bonds is 2. The van der Waals surface area contributed by atoms with Crippen molar-refractivity contribution in [3.63, 3.8) is 0 Å². The van der Waals surface area contributed by atoms with E-state index in [4.69, 9.17) is 17.3 Å². The fourth-order valence-corrected chi connectivity index (χ4v) is 2.63. The molecular formula is C11H8BrClFNS. The van der Waals surface area contributed by atoms with Gasteiger partial charge in [0.1, 0.15) is 5.82 Å². The van der Waals surface area contributed by atoms with Gasteiger partial charge in [-0.3, -0.25) is 0 Å². The first-order valence-electron chi connectivity index (χ1n) is 4.53. The highest BCUT2D eigenvalue weighted by Crippen LogP contribution is 2.32. The van der Waals surface area contributed by atoms with Crippen LogP contribution in [0.1, 0.15) is 16.5 Å². The number of hydrogen-bond acceptors (Lipinski definition) is 2. The molecule has 0 amide bonds. The Bertz CT molecular complexity index is 501. The Kier molecular flexibility index (Phi) is 3.64. The second kappa shape index (κ2) is 4.84. The molecule has 0 fully saturated rings. The van der Waals surface area contributed by atoms with Gasteiger partial charge in [0.05, 0.1) is 11.1 Å². The fourth-order valence-electron chi connectivity index (χ4n) is 1.40. The Hall–Kier alpha value is -0.420. The lowest BCUT2D eigenvalue weighted by atomic mass is 10.1. The molecule has 2 N–H and O–H groups in total. The van der Waals surface area contributed by atoms with Crippen LogP contribution in [0, 0.1) is 5.82 Å². The predicted molar refractivity (Wildman–Crippen MR) is 69.5 cm³/mol. The van der Waals surface area contributed by atoms with Gasteiger partial charge in [-0.15, -0.1) is 11.3 Å². The molecule has 0 aliphatic rings. The van der Waals surface area contributed by atoms with Crippen LogP contribution in [0.2, 0.25) is 5.02 Å². The lowest BCUT2D eigenvalue weighted by Gasteiger charge is -2.12. The third-order valence-electron chi connectivity index (χ3n) is 2.25. The average molecular weight is 321 g/mol. The Morgan fingerprint density at radius 2 is 2.12 bits per heavy atom. The average Bonchev–Trinajstić information content (AvgIpc) is 2.79. The first-order valence-corrected chi connectivity index (χ1v) is 6.58. The summed E-state index contributed by atoms with van der Waals surface area (Å²) in [6.45, 7) is 0. The third kappa shape index (κ3) is 2.15. The van der Waals surface area contributed by atoms with Gasteiger partial charge >= 0.3 is 0 Å². The highest BCUT2D eigenvalue weighted by Gasteiger charge is 2.17. The van der Waals surface area contributed by atoms with Gasteiger partial charge < -0.3 is 5.73 Å². The van der Waals surface area contributed by atoms with Crippen molar-refractivity contribution in [3.05, 3.63) is 55.4 Å². The van der Waals surface area contributed by atoms with Gasteiger partial charge in [0.25, 0.3) is 0 Å². The fraction of sp³-hybridized carbons (Fsp3) is 0.0909. The van der Waals surface area contributed by atoms with Crippen LogP contribution in [0.15, 0.2) is 34.1 Å². The molecule has 0 radical (unpaired) electrons. The van der Waals surface area contributed by atoms with Crippen molar-refractivity contribution in [1.82, 2.24) is 0 Å². The topological polar surface area (TPSA) is 26.0 Å². The van der Waals surface area contributed by atoms with Gasteiger partial charge in [-0.1, -0.05) is 23.7 Å². The Morgan fingerprint density at radius 1 is 1.38 bits per heavy atom. The standard InChI is InChI=1S/C11H8BrClFNS/c12-7-4-3-6(10(14)9(7)13)11(15)8-2-1-5-16-8/h1-5,11H,15H2. The summed E-state index contributed by atoms with van der Waals surface area (Å²) in [5, 5.41) is 1.98. The number of nitrogens with two attached hydrogens (primary N) is 1. The quantitative estimate of drug-likeness (QED) is 0.818. The number of halogens is 3. The van der Waals surface area contributed by atoms with Crippen LogP contribution >= 0.6 is 38.9 Å². The molecule has 16 heavy (non-hydrogen) atoms. The summed E-state index contributed by atoms with van der Waals surface area (Å²) >= 11 is 10.5. The van der Waals surface area contributed by atoms with Crippen molar-refractivity contribution in [2.24, 2.45) is 5.73 Å². The van der Waals surface area contributed by atoms with Gasteiger partial charge in [0.15, 0.2) is 0 Å². The van der Waals surface area contributed by atoms with Crippen LogP contribution in [-0.2, 0) is 0 Å². The first kappa shape index (κ1) is 12.0. The molecule has 1 heterocycles. The summed E-state index contributed by atoms with van der Waals surface area (Å²) in [6.07, 6.45) is 0. The van der Waals surface area contributed by atoms with Crippen LogP contribution in [0.25, 0.3) is 0 Å². The molecule has 1 aromatic carbocycles. The van der Waals surface area contributed by atoms with E-state index in [0.717, 1.165) is 4.88 Å². The summed E-state index contributed by atoms with van der Waals surface area (Å²) in [5.41, 5.74) is 6.39. The zero-order valence-corrected chi connectivity index (χ0v) is 11.2. The molecule has 1 aromatic heterocycles. The lowest BCUT2D eigenvalue weighted by molar-refractivity contribution is 0.600. The van der Waals surface area contributed by atoms with Crippen LogP contribution < -0.4 is 5.73 Å². The van der Waals surface area contributed by atoms with Crippen molar-refractivity contribution < 1.29 is 4.39 Å². The molecule has 1 atom stereocenters. The predicted octanol–water partition coefficient (Wildman–Crippen LogP) is 4.35. The first-order chi connectivity index (χ1) is 7.61. The molecule has 2 aromatic rings. The zero-order valence-electron chi connectivity index (χ0n) is 8.08. The van der Waals surface area contributed by atoms with Crippen molar-refractivity contribution in [2.45, 2.75) is 6.04 Å². The molecule has 1 nitrogen and oxygen atoms in total. The van der Waals surface area contributed by atoms with E-state index in [1.54, 1.807) is 12.1 Å². The van der Waals surface area contributed by atoms with E-state index in [9.17, 15) is 4.39 Å². The molecule has 0 spiro atoms. The summed E-state index contributed by atoms with van der Waals surface area (Å²) in [6, 6.07) is 6.65. The van der Waals surface area contributed by atoms with E-state index in [0.29, 0.717) is 10.0 Å². The molecule has 84 valence electrons. The highest BCUT2D eigenvalue weighted by atomic mass is 79.9. The Balaban J connectivity index is 2.45. The molecule has 0 bridgehead atoms. The molecule has 0 saturated heterocycles. The van der Waals surface area contributed by atoms with Crippen molar-refractivity contribution in [2.75, 3.05) is 0 Å². The minimum atomic E-state index is -0.467. The van der Waals surface area contributed by atoms with Gasteiger partial charge in [-0.05, 0) is 33.4 Å².